The summed E-state index contributed by atoms with van der Waals surface area (Å²) >= 11 is 24.3. The van der Waals surface area contributed by atoms with E-state index in [4.69, 9.17) is 71.6 Å². The summed E-state index contributed by atoms with van der Waals surface area (Å²) in [7, 11) is -3.71. The molecule has 2 N–H and O–H groups in total. The van der Waals surface area contributed by atoms with Crippen molar-refractivity contribution in [1.82, 2.24) is 9.78 Å². The second-order valence-electron chi connectivity index (χ2n) is 12.2. The number of benzene rings is 4. The Morgan fingerprint density at radius 1 is 0.932 bits per heavy atom. The van der Waals surface area contributed by atoms with Gasteiger partial charge in [-0.1, -0.05) is 88.9 Å². The van der Waals surface area contributed by atoms with Crippen molar-refractivity contribution in [2.24, 2.45) is 0 Å². The van der Waals surface area contributed by atoms with Gasteiger partial charge in [-0.3, -0.25) is 4.79 Å². The normalized spacial score (nSPS) is 16.6. The van der Waals surface area contributed by atoms with E-state index in [1.807, 2.05) is 43.3 Å². The Bertz CT molecular complexity index is 2450. The van der Waals surface area contributed by atoms with Crippen LogP contribution in [0.5, 0.6) is 17.2 Å². The maximum atomic E-state index is 13.3. The van der Waals surface area contributed by atoms with Crippen LogP contribution in [0, 0.1) is 22.7 Å². The number of para-hydroxylation sites is 1. The van der Waals surface area contributed by atoms with Gasteiger partial charge >= 0.3 is 17.7 Å². The summed E-state index contributed by atoms with van der Waals surface area (Å²) in [5.74, 6) is 0.289. The van der Waals surface area contributed by atoms with Gasteiger partial charge in [-0.2, -0.15) is 42.0 Å². The number of rotatable bonds is 10. The molecule has 1 aromatic heterocycles. The van der Waals surface area contributed by atoms with Crippen LogP contribution in [0.25, 0.3) is 5.69 Å². The number of esters is 1. The van der Waals surface area contributed by atoms with Crippen LogP contribution in [-0.2, 0) is 31.9 Å². The van der Waals surface area contributed by atoms with Crippen molar-refractivity contribution in [3.05, 3.63) is 123 Å². The van der Waals surface area contributed by atoms with Crippen molar-refractivity contribution >= 4 is 69.0 Å². The number of nitrogens with zero attached hydrogens (tertiary/aromatic N) is 4. The third kappa shape index (κ3) is 9.67. The molecule has 0 bridgehead atoms. The van der Waals surface area contributed by atoms with Crippen LogP contribution in [0.1, 0.15) is 41.8 Å². The molecule has 1 fully saturated rings. The summed E-state index contributed by atoms with van der Waals surface area (Å²) in [5, 5.41) is 20.8. The first-order valence-corrected chi connectivity index (χ1v) is 19.2. The van der Waals surface area contributed by atoms with Crippen LogP contribution in [-0.4, -0.2) is 36.4 Å². The minimum Gasteiger partial charge on any atom is -0.494 e. The average Bonchev–Trinajstić information content (AvgIpc) is 3.64. The summed E-state index contributed by atoms with van der Waals surface area (Å²) in [4.78, 5) is 12.1. The Balaban J connectivity index is 0.000000231. The summed E-state index contributed by atoms with van der Waals surface area (Å²) in [6.45, 7) is 2.41. The fourth-order valence-electron chi connectivity index (χ4n) is 5.58. The molecular formula is C38H25Cl4F6N5O5S. The number of nitriles is 2. The topological polar surface area (TPSA) is 153 Å². The van der Waals surface area contributed by atoms with Gasteiger partial charge in [0.1, 0.15) is 55.5 Å². The van der Waals surface area contributed by atoms with Crippen molar-refractivity contribution < 1.29 is 49.6 Å². The van der Waals surface area contributed by atoms with E-state index in [1.165, 1.54) is 6.07 Å². The number of ether oxygens (including phenoxy) is 3. The lowest BCUT2D eigenvalue weighted by atomic mass is 9.95. The van der Waals surface area contributed by atoms with Crippen molar-refractivity contribution in [2.75, 3.05) is 12.3 Å². The van der Waals surface area contributed by atoms with Crippen LogP contribution in [0.2, 0.25) is 10.0 Å². The number of hydrogen-bond acceptors (Lipinski definition) is 9. The van der Waals surface area contributed by atoms with Crippen LogP contribution in [0.15, 0.2) is 95.9 Å². The maximum absolute atomic E-state index is 13.3. The number of anilines is 1. The highest BCUT2D eigenvalue weighted by Gasteiger charge is 2.73. The monoisotopic (exact) mass is 917 g/mol. The van der Waals surface area contributed by atoms with Crippen LogP contribution in [0.3, 0.4) is 0 Å². The van der Waals surface area contributed by atoms with E-state index in [9.17, 15) is 40.6 Å². The third-order valence-electron chi connectivity index (χ3n) is 8.41. The lowest BCUT2D eigenvalue weighted by Gasteiger charge is -2.20. The fourth-order valence-corrected chi connectivity index (χ4v) is 7.77. The van der Waals surface area contributed by atoms with E-state index >= 15 is 0 Å². The molecule has 5 aromatic rings. The predicted molar refractivity (Wildman–Crippen MR) is 206 cm³/mol. The first-order valence-electron chi connectivity index (χ1n) is 16.6. The van der Waals surface area contributed by atoms with Gasteiger partial charge in [0.05, 0.1) is 22.2 Å². The second kappa shape index (κ2) is 17.6. The largest absolute Gasteiger partial charge is 0.494 e. The van der Waals surface area contributed by atoms with E-state index in [1.54, 1.807) is 48.5 Å². The number of carbonyl (C=O) groups is 1. The molecule has 21 heteroatoms. The van der Waals surface area contributed by atoms with Crippen molar-refractivity contribution in [2.45, 2.75) is 45.8 Å². The number of alkyl halides is 8. The summed E-state index contributed by atoms with van der Waals surface area (Å²) < 4.78 is 104. The lowest BCUT2D eigenvalue weighted by Crippen LogP contribution is -2.30. The average molecular weight is 920 g/mol. The zero-order valence-corrected chi connectivity index (χ0v) is 33.6. The van der Waals surface area contributed by atoms with Gasteiger partial charge in [0.15, 0.2) is 16.5 Å². The first kappa shape index (κ1) is 44.9. The highest BCUT2D eigenvalue weighted by atomic mass is 35.5. The summed E-state index contributed by atoms with van der Waals surface area (Å²) in [6.07, 6.45) is -5.76. The summed E-state index contributed by atoms with van der Waals surface area (Å²) in [5.41, 5.74) is -2.58. The predicted octanol–water partition coefficient (Wildman–Crippen LogP) is 10.8. The van der Waals surface area contributed by atoms with E-state index in [0.717, 1.165) is 0 Å². The molecule has 6 rings (SSSR count). The first-order chi connectivity index (χ1) is 27.7. The molecular weight excluding hydrogens is 894 g/mol. The number of halogens is 10. The highest BCUT2D eigenvalue weighted by molar-refractivity contribution is 7.86. The Hall–Kier alpha value is -5.17. The second-order valence-corrected chi connectivity index (χ2v) is 15.9. The van der Waals surface area contributed by atoms with Crippen molar-refractivity contribution in [1.29, 1.82) is 10.5 Å². The van der Waals surface area contributed by atoms with Crippen LogP contribution >= 0.6 is 46.4 Å². The van der Waals surface area contributed by atoms with Gasteiger partial charge in [0.25, 0.3) is 0 Å². The fraction of sp³-hybridized carbons (Fsp3) is 0.211. The molecule has 59 heavy (non-hydrogen) atoms. The van der Waals surface area contributed by atoms with E-state index in [-0.39, 0.29) is 6.42 Å². The third-order valence-corrected chi connectivity index (χ3v) is 11.1. The molecule has 1 aliphatic rings. The van der Waals surface area contributed by atoms with Gasteiger partial charge in [0.2, 0.25) is 6.10 Å². The molecule has 4 aromatic carbocycles. The number of hydrogen-bond donors (Lipinski definition) is 1. The standard InChI is InChI=1S/C26H21Cl2NO4.C12H4Cl2F6N4OS/c1-2-31-20-13-11-19(12-14-20)25(17-26(25,27)28)24(30)33-23(16-29)18-7-6-10-22(15-18)32-21-8-4-3-5-9-21;13-5-1-4(11(15,16)17)2-6(14)8(5)24-10(22)9(7(3-21)23-24)26(25)12(18,19)20/h3-15,23H,2,17H2,1H3;1-2H,22H2. The smallest absolute Gasteiger partial charge is 0.476 e. The van der Waals surface area contributed by atoms with E-state index in [2.05, 4.69) is 5.10 Å². The molecule has 1 saturated carbocycles. The molecule has 308 valence electrons. The molecule has 0 saturated heterocycles. The summed E-state index contributed by atoms with van der Waals surface area (Å²) in [6, 6.07) is 27.3. The quantitative estimate of drug-likeness (QED) is 0.0819. The van der Waals surface area contributed by atoms with Gasteiger partial charge < -0.3 is 19.9 Å². The molecule has 0 amide bonds. The Kier molecular flexibility index (Phi) is 13.4. The number of nitrogens with two attached hydrogens (primary N) is 1. The lowest BCUT2D eigenvalue weighted by molar-refractivity contribution is -0.150. The van der Waals surface area contributed by atoms with Crippen molar-refractivity contribution in [3.63, 3.8) is 0 Å². The van der Waals surface area contributed by atoms with Crippen LogP contribution < -0.4 is 15.2 Å². The van der Waals surface area contributed by atoms with E-state index < -0.39 is 82.0 Å². The molecule has 10 nitrogen and oxygen atoms in total. The van der Waals surface area contributed by atoms with Crippen LogP contribution in [0.4, 0.5) is 32.2 Å². The molecule has 0 aliphatic heterocycles. The molecule has 3 atom stereocenters. The zero-order chi connectivity index (χ0) is 43.5. The molecule has 3 unspecified atom stereocenters. The number of nitrogen functional groups attached to an aromatic ring is 1. The minimum atomic E-state index is -5.25. The number of carbonyl (C=O) groups excluding carboxylic acids is 1. The molecule has 0 spiro atoms. The highest BCUT2D eigenvalue weighted by Crippen LogP contribution is 2.65. The molecule has 1 heterocycles. The van der Waals surface area contributed by atoms with E-state index in [0.29, 0.717) is 51.8 Å². The maximum Gasteiger partial charge on any atom is 0.476 e. The SMILES string of the molecule is CCOc1ccc(C2(C(=O)OC(C#N)c3cccc(Oc4ccccc4)c3)CC2(Cl)Cl)cc1.N#Cc1nn(-c2c(Cl)cc(C(F)(F)F)cc2Cl)c(N)c1S(=O)C(F)(F)F. The van der Waals surface area contributed by atoms with Gasteiger partial charge in [-0.05, 0) is 61.0 Å². The van der Waals surface area contributed by atoms with Gasteiger partial charge in [0, 0.05) is 12.0 Å². The number of aromatic nitrogens is 2. The van der Waals surface area contributed by atoms with Gasteiger partial charge in [-0.25, -0.2) is 8.89 Å². The molecule has 1 aliphatic carbocycles. The van der Waals surface area contributed by atoms with Crippen molar-refractivity contribution in [3.8, 4) is 35.1 Å². The van der Waals surface area contributed by atoms with Gasteiger partial charge in [-0.15, -0.1) is 0 Å². The Labute approximate surface area is 353 Å². The Morgan fingerprint density at radius 3 is 2.03 bits per heavy atom. The minimum absolute atomic E-state index is 0.186. The zero-order valence-electron chi connectivity index (χ0n) is 29.7. The molecule has 0 radical (unpaired) electrons. The Morgan fingerprint density at radius 2 is 1.53 bits per heavy atom.